The standard InChI is InChI=1S/C22H26ClNO4S/c1-16-2-12-21(13-3-16)29(27,28)24(15-18-6-10-20(23)11-7-18)14-17-4-8-19(9-5-17)22(25)26/h2-3,6-7,10-13,17,19H,4-5,8-9,14-15H2,1H3,(H,25,26)/p-1. The molecule has 0 bridgehead atoms. The normalized spacial score (nSPS) is 20.0. The van der Waals surface area contributed by atoms with Gasteiger partial charge in [-0.2, -0.15) is 4.31 Å². The van der Waals surface area contributed by atoms with Crippen LogP contribution in [-0.2, 0) is 21.4 Å². The van der Waals surface area contributed by atoms with Crippen LogP contribution in [0.4, 0.5) is 0 Å². The summed E-state index contributed by atoms with van der Waals surface area (Å²) in [5.74, 6) is -1.31. The lowest BCUT2D eigenvalue weighted by atomic mass is 9.82. The predicted octanol–water partition coefficient (Wildman–Crippen LogP) is 3.40. The molecule has 0 radical (unpaired) electrons. The molecule has 0 aliphatic heterocycles. The number of hydrogen-bond acceptors (Lipinski definition) is 4. The van der Waals surface area contributed by atoms with Crippen molar-refractivity contribution in [2.24, 2.45) is 11.8 Å². The average molecular weight is 435 g/mol. The van der Waals surface area contributed by atoms with Crippen LogP contribution in [0.15, 0.2) is 53.4 Å². The highest BCUT2D eigenvalue weighted by Gasteiger charge is 2.30. The molecule has 156 valence electrons. The zero-order valence-corrected chi connectivity index (χ0v) is 18.0. The van der Waals surface area contributed by atoms with Crippen molar-refractivity contribution >= 4 is 27.6 Å². The highest BCUT2D eigenvalue weighted by Crippen LogP contribution is 2.31. The van der Waals surface area contributed by atoms with E-state index in [2.05, 4.69) is 0 Å². The van der Waals surface area contributed by atoms with Gasteiger partial charge in [-0.15, -0.1) is 0 Å². The summed E-state index contributed by atoms with van der Waals surface area (Å²) >= 11 is 5.96. The van der Waals surface area contributed by atoms with E-state index in [1.165, 1.54) is 4.31 Å². The fourth-order valence-corrected chi connectivity index (χ4v) is 5.40. The number of hydrogen-bond donors (Lipinski definition) is 0. The van der Waals surface area contributed by atoms with Crippen molar-refractivity contribution < 1.29 is 18.3 Å². The molecule has 0 aromatic heterocycles. The number of carbonyl (C=O) groups is 1. The smallest absolute Gasteiger partial charge is 0.243 e. The Balaban J connectivity index is 1.82. The predicted molar refractivity (Wildman–Crippen MR) is 111 cm³/mol. The molecule has 0 heterocycles. The Morgan fingerprint density at radius 1 is 1.03 bits per heavy atom. The minimum atomic E-state index is -3.68. The first kappa shape index (κ1) is 21.8. The lowest BCUT2D eigenvalue weighted by Crippen LogP contribution is -2.38. The molecule has 7 heteroatoms. The average Bonchev–Trinajstić information content (AvgIpc) is 2.70. The summed E-state index contributed by atoms with van der Waals surface area (Å²) in [5, 5.41) is 11.7. The number of carboxylic acid groups (broad SMARTS) is 1. The van der Waals surface area contributed by atoms with Crippen molar-refractivity contribution in [1.82, 2.24) is 4.31 Å². The minimum Gasteiger partial charge on any atom is -0.550 e. The number of carboxylic acids is 1. The molecule has 1 fully saturated rings. The van der Waals surface area contributed by atoms with Crippen LogP contribution in [0.2, 0.25) is 5.02 Å². The molecule has 0 spiro atoms. The molecule has 2 aromatic carbocycles. The third kappa shape index (κ3) is 5.59. The van der Waals surface area contributed by atoms with E-state index in [0.29, 0.717) is 37.3 Å². The monoisotopic (exact) mass is 434 g/mol. The maximum absolute atomic E-state index is 13.4. The van der Waals surface area contributed by atoms with Gasteiger partial charge in [0.05, 0.1) is 4.90 Å². The van der Waals surface area contributed by atoms with E-state index < -0.39 is 21.9 Å². The quantitative estimate of drug-likeness (QED) is 0.669. The first-order chi connectivity index (χ1) is 13.8. The van der Waals surface area contributed by atoms with Gasteiger partial charge in [0, 0.05) is 24.1 Å². The zero-order valence-electron chi connectivity index (χ0n) is 16.4. The molecule has 1 aliphatic rings. The molecule has 29 heavy (non-hydrogen) atoms. The van der Waals surface area contributed by atoms with Crippen molar-refractivity contribution in [1.29, 1.82) is 0 Å². The summed E-state index contributed by atoms with van der Waals surface area (Å²) in [6.07, 6.45) is 2.43. The van der Waals surface area contributed by atoms with Crippen molar-refractivity contribution in [3.63, 3.8) is 0 Å². The summed E-state index contributed by atoms with van der Waals surface area (Å²) in [5.41, 5.74) is 1.85. The molecule has 1 aliphatic carbocycles. The van der Waals surface area contributed by atoms with Crippen LogP contribution in [0.3, 0.4) is 0 Å². The molecule has 0 unspecified atom stereocenters. The van der Waals surface area contributed by atoms with Crippen molar-refractivity contribution in [2.45, 2.75) is 44.0 Å². The van der Waals surface area contributed by atoms with Gasteiger partial charge < -0.3 is 9.90 Å². The second kappa shape index (κ2) is 9.28. The fraction of sp³-hybridized carbons (Fsp3) is 0.409. The number of carbonyl (C=O) groups excluding carboxylic acids is 1. The van der Waals surface area contributed by atoms with Gasteiger partial charge in [-0.05, 0) is 74.3 Å². The van der Waals surface area contributed by atoms with Gasteiger partial charge in [-0.3, -0.25) is 0 Å². The van der Waals surface area contributed by atoms with Crippen molar-refractivity contribution in [3.8, 4) is 0 Å². The first-order valence-electron chi connectivity index (χ1n) is 9.78. The molecule has 0 atom stereocenters. The summed E-state index contributed by atoms with van der Waals surface area (Å²) in [6.45, 7) is 2.52. The highest BCUT2D eigenvalue weighted by molar-refractivity contribution is 7.89. The Morgan fingerprint density at radius 3 is 2.17 bits per heavy atom. The van der Waals surface area contributed by atoms with E-state index in [9.17, 15) is 18.3 Å². The minimum absolute atomic E-state index is 0.123. The number of aliphatic carboxylic acids is 1. The topological polar surface area (TPSA) is 77.5 Å². The summed E-state index contributed by atoms with van der Waals surface area (Å²) < 4.78 is 28.2. The van der Waals surface area contributed by atoms with E-state index in [0.717, 1.165) is 11.1 Å². The van der Waals surface area contributed by atoms with Crippen molar-refractivity contribution in [2.75, 3.05) is 6.54 Å². The van der Waals surface area contributed by atoms with Crippen LogP contribution in [0.1, 0.15) is 36.8 Å². The summed E-state index contributed by atoms with van der Waals surface area (Å²) in [7, 11) is -3.68. The second-order valence-corrected chi connectivity index (χ2v) is 10.1. The molecular weight excluding hydrogens is 410 g/mol. The number of benzene rings is 2. The van der Waals surface area contributed by atoms with Gasteiger partial charge in [-0.1, -0.05) is 41.4 Å². The van der Waals surface area contributed by atoms with Crippen LogP contribution in [0, 0.1) is 18.8 Å². The highest BCUT2D eigenvalue weighted by atomic mass is 35.5. The maximum atomic E-state index is 13.4. The van der Waals surface area contributed by atoms with Gasteiger partial charge in [0.1, 0.15) is 0 Å². The Hall–Kier alpha value is -1.89. The zero-order chi connectivity index (χ0) is 21.0. The lowest BCUT2D eigenvalue weighted by molar-refractivity contribution is -0.312. The van der Waals surface area contributed by atoms with Gasteiger partial charge >= 0.3 is 0 Å². The number of rotatable bonds is 7. The van der Waals surface area contributed by atoms with Gasteiger partial charge in [0.25, 0.3) is 0 Å². The Morgan fingerprint density at radius 2 is 1.62 bits per heavy atom. The molecule has 0 saturated heterocycles. The van der Waals surface area contributed by atoms with Gasteiger partial charge in [0.2, 0.25) is 10.0 Å². The Labute approximate surface area is 177 Å². The van der Waals surface area contributed by atoms with E-state index in [-0.39, 0.29) is 17.4 Å². The second-order valence-electron chi connectivity index (χ2n) is 7.77. The molecule has 0 amide bonds. The van der Waals surface area contributed by atoms with Crippen LogP contribution in [0.25, 0.3) is 0 Å². The van der Waals surface area contributed by atoms with Crippen LogP contribution >= 0.6 is 11.6 Å². The maximum Gasteiger partial charge on any atom is 0.243 e. The fourth-order valence-electron chi connectivity index (χ4n) is 3.77. The third-order valence-electron chi connectivity index (χ3n) is 5.57. The van der Waals surface area contributed by atoms with Gasteiger partial charge in [0.15, 0.2) is 0 Å². The Bertz CT molecular complexity index is 934. The van der Waals surface area contributed by atoms with Crippen LogP contribution in [0.5, 0.6) is 0 Å². The Kier molecular flexibility index (Phi) is 6.98. The first-order valence-corrected chi connectivity index (χ1v) is 11.6. The largest absolute Gasteiger partial charge is 0.550 e. The number of sulfonamides is 1. The molecule has 2 aromatic rings. The molecule has 5 nitrogen and oxygen atoms in total. The van der Waals surface area contributed by atoms with Gasteiger partial charge in [-0.25, -0.2) is 8.42 Å². The van der Waals surface area contributed by atoms with E-state index in [4.69, 9.17) is 11.6 Å². The molecule has 0 N–H and O–H groups in total. The van der Waals surface area contributed by atoms with Crippen molar-refractivity contribution in [3.05, 3.63) is 64.7 Å². The summed E-state index contributed by atoms with van der Waals surface area (Å²) in [4.78, 5) is 11.4. The summed E-state index contributed by atoms with van der Waals surface area (Å²) in [6, 6.07) is 14.0. The number of aryl methyl sites for hydroxylation is 1. The molecule has 3 rings (SSSR count). The molecular formula is C22H25ClNO4S-. The molecule has 1 saturated carbocycles. The number of nitrogens with zero attached hydrogens (tertiary/aromatic N) is 1. The number of halogens is 1. The van der Waals surface area contributed by atoms with E-state index in [1.807, 2.05) is 19.1 Å². The van der Waals surface area contributed by atoms with Crippen LogP contribution < -0.4 is 5.11 Å². The third-order valence-corrected chi connectivity index (χ3v) is 7.65. The van der Waals surface area contributed by atoms with E-state index >= 15 is 0 Å². The SMILES string of the molecule is Cc1ccc(S(=O)(=O)N(Cc2ccc(Cl)cc2)CC2CCC(C(=O)[O-])CC2)cc1. The van der Waals surface area contributed by atoms with E-state index in [1.54, 1.807) is 36.4 Å². The lowest BCUT2D eigenvalue weighted by Gasteiger charge is -2.32. The van der Waals surface area contributed by atoms with Crippen LogP contribution in [-0.4, -0.2) is 25.2 Å².